The van der Waals surface area contributed by atoms with Crippen molar-refractivity contribution in [1.29, 1.82) is 0 Å². The number of hydrogen-bond donors (Lipinski definition) is 0. The van der Waals surface area contributed by atoms with Gasteiger partial charge in [-0.2, -0.15) is 0 Å². The molecular weight excluding hydrogens is 146 g/mol. The number of piperidine rings is 1. The summed E-state index contributed by atoms with van der Waals surface area (Å²) < 4.78 is 0. The van der Waals surface area contributed by atoms with Crippen LogP contribution in [0.4, 0.5) is 0 Å². The molecule has 66 valence electrons. The second-order valence-electron chi connectivity index (χ2n) is 5.71. The predicted molar refractivity (Wildman–Crippen MR) is 47.7 cm³/mol. The molecule has 0 amide bonds. The number of nitrogens with zero attached hydrogens (tertiary/aromatic N) is 1. The predicted octanol–water partition coefficient (Wildman–Crippen LogP) is 1.59. The lowest BCUT2D eigenvalue weighted by molar-refractivity contribution is 0.115. The van der Waals surface area contributed by atoms with E-state index in [4.69, 9.17) is 0 Å². The summed E-state index contributed by atoms with van der Waals surface area (Å²) in [5.41, 5.74) is 0.881. The van der Waals surface area contributed by atoms with Crippen molar-refractivity contribution in [3.8, 4) is 0 Å². The van der Waals surface area contributed by atoms with Crippen LogP contribution in [0.1, 0.15) is 19.3 Å². The second-order valence-corrected chi connectivity index (χ2v) is 5.71. The van der Waals surface area contributed by atoms with Crippen molar-refractivity contribution in [1.82, 2.24) is 4.90 Å². The largest absolute Gasteiger partial charge is 0.306 e. The quantitative estimate of drug-likeness (QED) is 0.524. The third kappa shape index (κ3) is 0.527. The molecule has 5 aliphatic rings. The van der Waals surface area contributed by atoms with Gasteiger partial charge < -0.3 is 4.90 Å². The molecule has 12 heavy (non-hydrogen) atoms. The molecule has 1 saturated heterocycles. The van der Waals surface area contributed by atoms with E-state index in [1.165, 1.54) is 49.6 Å². The van der Waals surface area contributed by atoms with Gasteiger partial charge in [0.15, 0.2) is 0 Å². The molecule has 4 saturated carbocycles. The normalized spacial score (nSPS) is 58.8. The molecule has 0 aromatic heterocycles. The van der Waals surface area contributed by atoms with Gasteiger partial charge in [-0.25, -0.2) is 0 Å². The summed E-state index contributed by atoms with van der Waals surface area (Å²) in [7, 11) is 2.28. The van der Waals surface area contributed by atoms with Gasteiger partial charge in [-0.3, -0.25) is 0 Å². The minimum Gasteiger partial charge on any atom is -0.306 e. The molecule has 2 atom stereocenters. The number of likely N-dealkylation sites (tertiary alicyclic amines) is 1. The van der Waals surface area contributed by atoms with Crippen LogP contribution in [0.5, 0.6) is 0 Å². The Morgan fingerprint density at radius 2 is 1.83 bits per heavy atom. The minimum atomic E-state index is 0.881. The molecule has 0 N–H and O–H groups in total. The first-order valence-corrected chi connectivity index (χ1v) is 5.50. The van der Waals surface area contributed by atoms with Gasteiger partial charge in [-0.15, -0.1) is 0 Å². The highest BCUT2D eigenvalue weighted by atomic mass is 15.1. The fourth-order valence-corrected chi connectivity index (χ4v) is 4.47. The van der Waals surface area contributed by atoms with E-state index >= 15 is 0 Å². The monoisotopic (exact) mass is 163 g/mol. The highest BCUT2D eigenvalue weighted by Crippen LogP contribution is 2.88. The Morgan fingerprint density at radius 3 is 2.33 bits per heavy atom. The molecule has 0 aromatic carbocycles. The Balaban J connectivity index is 1.60. The molecule has 1 spiro atoms. The standard InChI is InChI=1S/C11H17N/c1-12-4-2-11(3-5-12)6-7-8-9(7)10(8)11/h7-10H,2-6H2,1H3. The molecule has 2 bridgehead atoms. The molecule has 1 heterocycles. The number of rotatable bonds is 0. The fraction of sp³-hybridized carbons (Fsp3) is 1.00. The summed E-state index contributed by atoms with van der Waals surface area (Å²) in [4.78, 5) is 2.51. The van der Waals surface area contributed by atoms with Crippen molar-refractivity contribution >= 4 is 0 Å². The van der Waals surface area contributed by atoms with Gasteiger partial charge in [0.1, 0.15) is 0 Å². The third-order valence-corrected chi connectivity index (χ3v) is 5.31. The van der Waals surface area contributed by atoms with E-state index in [-0.39, 0.29) is 0 Å². The lowest BCUT2D eigenvalue weighted by Crippen LogP contribution is -2.37. The van der Waals surface area contributed by atoms with Crippen LogP contribution >= 0.6 is 0 Å². The maximum atomic E-state index is 2.51. The molecule has 2 unspecified atom stereocenters. The Hall–Kier alpha value is -0.0400. The van der Waals surface area contributed by atoms with Crippen molar-refractivity contribution in [3.63, 3.8) is 0 Å². The zero-order valence-corrected chi connectivity index (χ0v) is 7.79. The number of hydrogen-bond acceptors (Lipinski definition) is 1. The van der Waals surface area contributed by atoms with Crippen LogP contribution in [0, 0.1) is 29.1 Å². The van der Waals surface area contributed by atoms with Gasteiger partial charge in [0.05, 0.1) is 0 Å². The van der Waals surface area contributed by atoms with Crippen molar-refractivity contribution in [2.45, 2.75) is 19.3 Å². The maximum Gasteiger partial charge on any atom is -0.00164 e. The van der Waals surface area contributed by atoms with E-state index in [1.54, 1.807) is 6.42 Å². The lowest BCUT2D eigenvalue weighted by atomic mass is 9.76. The molecular formula is C11H17N. The van der Waals surface area contributed by atoms with E-state index in [2.05, 4.69) is 11.9 Å². The summed E-state index contributed by atoms with van der Waals surface area (Å²) in [5, 5.41) is 0. The Kier molecular flexibility index (Phi) is 0.863. The van der Waals surface area contributed by atoms with E-state index in [9.17, 15) is 0 Å². The smallest absolute Gasteiger partial charge is 0.00164 e. The summed E-state index contributed by atoms with van der Waals surface area (Å²) >= 11 is 0. The lowest BCUT2D eigenvalue weighted by Gasteiger charge is -2.38. The average molecular weight is 163 g/mol. The topological polar surface area (TPSA) is 3.24 Å². The molecule has 1 heteroatoms. The van der Waals surface area contributed by atoms with Crippen molar-refractivity contribution in [2.75, 3.05) is 20.1 Å². The van der Waals surface area contributed by atoms with E-state index in [0.717, 1.165) is 5.41 Å². The second kappa shape index (κ2) is 1.61. The summed E-state index contributed by atoms with van der Waals surface area (Å²) in [6.07, 6.45) is 4.68. The van der Waals surface area contributed by atoms with Gasteiger partial charge in [0, 0.05) is 0 Å². The highest BCUT2D eigenvalue weighted by Gasteiger charge is 2.84. The molecule has 0 aromatic rings. The van der Waals surface area contributed by atoms with Gasteiger partial charge in [-0.05, 0) is 68.5 Å². The SMILES string of the molecule is CN1CCC2(CC1)CC1C3C1C32. The summed E-state index contributed by atoms with van der Waals surface area (Å²) in [6.45, 7) is 2.76. The molecule has 5 rings (SSSR count). The maximum absolute atomic E-state index is 2.51. The van der Waals surface area contributed by atoms with Crippen LogP contribution in [0.2, 0.25) is 0 Å². The average Bonchev–Trinajstić information content (AvgIpc) is 2.90. The van der Waals surface area contributed by atoms with Gasteiger partial charge in [-0.1, -0.05) is 0 Å². The van der Waals surface area contributed by atoms with Crippen LogP contribution in [0.25, 0.3) is 0 Å². The first-order chi connectivity index (χ1) is 5.82. The van der Waals surface area contributed by atoms with Crippen LogP contribution in [-0.4, -0.2) is 25.0 Å². The molecule has 5 fully saturated rings. The van der Waals surface area contributed by atoms with Crippen LogP contribution < -0.4 is 0 Å². The van der Waals surface area contributed by atoms with Crippen LogP contribution in [-0.2, 0) is 0 Å². The zero-order valence-electron chi connectivity index (χ0n) is 7.79. The minimum absolute atomic E-state index is 0.881. The van der Waals surface area contributed by atoms with Crippen LogP contribution in [0.15, 0.2) is 0 Å². The third-order valence-electron chi connectivity index (χ3n) is 5.31. The van der Waals surface area contributed by atoms with E-state index in [0.29, 0.717) is 0 Å². The van der Waals surface area contributed by atoms with Crippen LogP contribution in [0.3, 0.4) is 0 Å². The Labute approximate surface area is 74.1 Å². The molecule has 4 aliphatic carbocycles. The van der Waals surface area contributed by atoms with Crippen molar-refractivity contribution in [2.24, 2.45) is 29.1 Å². The first-order valence-electron chi connectivity index (χ1n) is 5.50. The summed E-state index contributed by atoms with van der Waals surface area (Å²) in [6, 6.07) is 0. The van der Waals surface area contributed by atoms with Gasteiger partial charge in [0.2, 0.25) is 0 Å². The molecule has 1 aliphatic heterocycles. The molecule has 0 radical (unpaired) electrons. The summed E-state index contributed by atoms with van der Waals surface area (Å²) in [5.74, 6) is 4.98. The zero-order chi connectivity index (χ0) is 7.92. The van der Waals surface area contributed by atoms with E-state index < -0.39 is 0 Å². The highest BCUT2D eigenvalue weighted by molar-refractivity contribution is 5.31. The Morgan fingerprint density at radius 1 is 1.17 bits per heavy atom. The van der Waals surface area contributed by atoms with Gasteiger partial charge in [0.25, 0.3) is 0 Å². The fourth-order valence-electron chi connectivity index (χ4n) is 4.47. The van der Waals surface area contributed by atoms with Gasteiger partial charge >= 0.3 is 0 Å². The first kappa shape index (κ1) is 6.42. The Bertz CT molecular complexity index is 223. The van der Waals surface area contributed by atoms with Crippen molar-refractivity contribution < 1.29 is 0 Å². The molecule has 1 nitrogen and oxygen atoms in total. The van der Waals surface area contributed by atoms with E-state index in [1.807, 2.05) is 0 Å². The van der Waals surface area contributed by atoms with Crippen molar-refractivity contribution in [3.05, 3.63) is 0 Å².